The monoisotopic (exact) mass is 523 g/mol. The summed E-state index contributed by atoms with van der Waals surface area (Å²) < 4.78 is 2.38. The second kappa shape index (κ2) is 6.71. The van der Waals surface area contributed by atoms with Gasteiger partial charge in [0.2, 0.25) is 0 Å². The second-order valence-corrected chi connectivity index (χ2v) is 9.45. The van der Waals surface area contributed by atoms with Crippen LogP contribution in [0.4, 0.5) is 0 Å². The SMILES string of the molecule is CC1(C)[C@H]2CC=C(C[N+](C)(C)Cc3ccc(I)cc3)[C@@H]1C2.[I-]. The summed E-state index contributed by atoms with van der Waals surface area (Å²) in [6.45, 7) is 7.26. The molecule has 3 aliphatic rings. The van der Waals surface area contributed by atoms with Crippen LogP contribution in [0.2, 0.25) is 0 Å². The minimum absolute atomic E-state index is 0. The quantitative estimate of drug-likeness (QED) is 0.322. The number of hydrogen-bond acceptors (Lipinski definition) is 0. The zero-order valence-corrected chi connectivity index (χ0v) is 18.4. The van der Waals surface area contributed by atoms with Gasteiger partial charge in [-0.25, -0.2) is 0 Å². The van der Waals surface area contributed by atoms with E-state index in [0.29, 0.717) is 5.41 Å². The standard InChI is InChI=1S/C19H27IN.HI/c1-19(2)16-8-7-15(18(19)11-16)13-21(3,4)12-14-5-9-17(20)10-6-14;/h5-7,9-10,16,18H,8,11-13H2,1-4H3;1H/q+1;/p-1/t16-,18-;/m0./s1. The number of nitrogens with zero attached hydrogens (tertiary/aromatic N) is 1. The van der Waals surface area contributed by atoms with E-state index in [9.17, 15) is 0 Å². The van der Waals surface area contributed by atoms with Crippen LogP contribution < -0.4 is 24.0 Å². The third kappa shape index (κ3) is 3.72. The van der Waals surface area contributed by atoms with Gasteiger partial charge in [-0.05, 0) is 70.4 Å². The molecule has 1 fully saturated rings. The van der Waals surface area contributed by atoms with Gasteiger partial charge in [-0.1, -0.05) is 32.1 Å². The molecule has 0 N–H and O–H groups in total. The predicted octanol–water partition coefficient (Wildman–Crippen LogP) is 1.86. The Morgan fingerprint density at radius 2 is 1.77 bits per heavy atom. The molecule has 0 amide bonds. The van der Waals surface area contributed by atoms with Crippen LogP contribution in [-0.4, -0.2) is 25.1 Å². The maximum absolute atomic E-state index is 2.55. The van der Waals surface area contributed by atoms with Crippen molar-refractivity contribution < 1.29 is 28.5 Å². The third-order valence-corrected chi connectivity index (χ3v) is 6.44. The molecule has 4 rings (SSSR count). The summed E-state index contributed by atoms with van der Waals surface area (Å²) in [5, 5.41) is 0. The lowest BCUT2D eigenvalue weighted by Gasteiger charge is -2.57. The number of halogens is 2. The lowest BCUT2D eigenvalue weighted by Crippen LogP contribution is -3.00. The van der Waals surface area contributed by atoms with Crippen LogP contribution in [-0.2, 0) is 6.54 Å². The number of benzene rings is 1. The molecule has 0 saturated heterocycles. The van der Waals surface area contributed by atoms with Crippen molar-refractivity contribution in [3.05, 3.63) is 45.0 Å². The number of rotatable bonds is 4. The molecule has 1 saturated carbocycles. The van der Waals surface area contributed by atoms with Crippen molar-refractivity contribution in [1.82, 2.24) is 0 Å². The maximum Gasteiger partial charge on any atom is 0.104 e. The van der Waals surface area contributed by atoms with Crippen LogP contribution in [0, 0.1) is 20.8 Å². The van der Waals surface area contributed by atoms with Gasteiger partial charge in [0.1, 0.15) is 13.1 Å². The van der Waals surface area contributed by atoms with Gasteiger partial charge in [-0.15, -0.1) is 0 Å². The van der Waals surface area contributed by atoms with Crippen molar-refractivity contribution in [1.29, 1.82) is 0 Å². The normalized spacial score (nSPS) is 25.8. The number of allylic oxidation sites excluding steroid dienone is 1. The Labute approximate surface area is 166 Å². The molecule has 1 aromatic rings. The van der Waals surface area contributed by atoms with Crippen molar-refractivity contribution >= 4 is 22.6 Å². The van der Waals surface area contributed by atoms with E-state index in [1.807, 2.05) is 0 Å². The van der Waals surface area contributed by atoms with Crippen molar-refractivity contribution in [2.24, 2.45) is 17.3 Å². The number of quaternary nitrogens is 1. The summed E-state index contributed by atoms with van der Waals surface area (Å²) in [5.74, 6) is 1.78. The minimum Gasteiger partial charge on any atom is -1.00 e. The fourth-order valence-corrected chi connectivity index (χ4v) is 4.65. The van der Waals surface area contributed by atoms with Gasteiger partial charge in [0.15, 0.2) is 0 Å². The molecule has 2 atom stereocenters. The molecule has 3 heteroatoms. The average molecular weight is 523 g/mol. The van der Waals surface area contributed by atoms with E-state index in [-0.39, 0.29) is 24.0 Å². The van der Waals surface area contributed by atoms with Crippen LogP contribution in [0.1, 0.15) is 32.3 Å². The first-order chi connectivity index (χ1) is 9.78. The predicted molar refractivity (Wildman–Crippen MR) is 97.9 cm³/mol. The highest BCUT2D eigenvalue weighted by Gasteiger charge is 2.52. The van der Waals surface area contributed by atoms with E-state index in [2.05, 4.69) is 80.9 Å². The van der Waals surface area contributed by atoms with Gasteiger partial charge in [0, 0.05) is 9.13 Å². The van der Waals surface area contributed by atoms with E-state index in [1.165, 1.54) is 28.5 Å². The second-order valence-electron chi connectivity index (χ2n) is 8.20. The highest BCUT2D eigenvalue weighted by molar-refractivity contribution is 14.1. The fourth-order valence-electron chi connectivity index (χ4n) is 4.29. The lowest BCUT2D eigenvalue weighted by molar-refractivity contribution is -0.899. The topological polar surface area (TPSA) is 0 Å². The van der Waals surface area contributed by atoms with E-state index in [0.717, 1.165) is 22.9 Å². The first-order valence-corrected chi connectivity index (χ1v) is 9.11. The summed E-state index contributed by atoms with van der Waals surface area (Å²) in [6, 6.07) is 8.99. The Kier molecular flexibility index (Phi) is 5.71. The van der Waals surface area contributed by atoms with Crippen LogP contribution in [0.25, 0.3) is 0 Å². The Hall–Kier alpha value is 0.380. The third-order valence-electron chi connectivity index (χ3n) is 5.72. The molecule has 0 unspecified atom stereocenters. The first-order valence-electron chi connectivity index (χ1n) is 8.03. The molecular weight excluding hydrogens is 496 g/mol. The summed E-state index contributed by atoms with van der Waals surface area (Å²) in [5.41, 5.74) is 3.72. The van der Waals surface area contributed by atoms with E-state index >= 15 is 0 Å². The van der Waals surface area contributed by atoms with Gasteiger partial charge >= 0.3 is 0 Å². The van der Waals surface area contributed by atoms with Gasteiger partial charge in [-0.2, -0.15) is 0 Å². The van der Waals surface area contributed by atoms with Crippen molar-refractivity contribution in [2.45, 2.75) is 33.2 Å². The first kappa shape index (κ1) is 18.7. The molecule has 0 radical (unpaired) electrons. The molecule has 0 heterocycles. The van der Waals surface area contributed by atoms with Crippen molar-refractivity contribution in [3.63, 3.8) is 0 Å². The lowest BCUT2D eigenvalue weighted by atomic mass is 9.49. The highest BCUT2D eigenvalue weighted by Crippen LogP contribution is 2.59. The van der Waals surface area contributed by atoms with Gasteiger partial charge in [0.05, 0.1) is 14.1 Å². The molecule has 3 aliphatic carbocycles. The van der Waals surface area contributed by atoms with Gasteiger partial charge < -0.3 is 28.5 Å². The van der Waals surface area contributed by atoms with Crippen LogP contribution in [0.15, 0.2) is 35.9 Å². The van der Waals surface area contributed by atoms with E-state index < -0.39 is 0 Å². The Balaban J connectivity index is 0.00000176. The molecule has 122 valence electrons. The van der Waals surface area contributed by atoms with Crippen LogP contribution in [0.3, 0.4) is 0 Å². The molecule has 0 aromatic heterocycles. The molecule has 0 spiro atoms. The summed E-state index contributed by atoms with van der Waals surface area (Å²) in [6.07, 6.45) is 5.29. The number of hydrogen-bond donors (Lipinski definition) is 0. The molecular formula is C19H27I2N. The molecule has 1 aromatic carbocycles. The Morgan fingerprint density at radius 3 is 2.32 bits per heavy atom. The Bertz CT molecular complexity index is 557. The van der Waals surface area contributed by atoms with Gasteiger partial charge in [-0.3, -0.25) is 0 Å². The van der Waals surface area contributed by atoms with Crippen LogP contribution >= 0.6 is 22.6 Å². The molecule has 1 nitrogen and oxygen atoms in total. The van der Waals surface area contributed by atoms with Gasteiger partial charge in [0.25, 0.3) is 0 Å². The summed E-state index contributed by atoms with van der Waals surface area (Å²) in [7, 11) is 4.74. The fraction of sp³-hybridized carbons (Fsp3) is 0.579. The zero-order chi connectivity index (χ0) is 15.3. The highest BCUT2D eigenvalue weighted by atomic mass is 127. The summed E-state index contributed by atoms with van der Waals surface area (Å²) >= 11 is 2.38. The molecule has 22 heavy (non-hydrogen) atoms. The number of likely N-dealkylation sites (N-methyl/N-ethyl adjacent to an activating group) is 1. The van der Waals surface area contributed by atoms with Crippen molar-refractivity contribution in [3.8, 4) is 0 Å². The van der Waals surface area contributed by atoms with Crippen molar-refractivity contribution in [2.75, 3.05) is 20.6 Å². The largest absolute Gasteiger partial charge is 1.00 e. The Morgan fingerprint density at radius 1 is 1.14 bits per heavy atom. The number of fused-ring (bicyclic) bond motifs is 1. The van der Waals surface area contributed by atoms with E-state index in [1.54, 1.807) is 5.57 Å². The molecule has 0 aliphatic heterocycles. The average Bonchev–Trinajstić information content (AvgIpc) is 2.40. The zero-order valence-electron chi connectivity index (χ0n) is 14.1. The maximum atomic E-state index is 2.55. The minimum atomic E-state index is 0. The van der Waals surface area contributed by atoms with E-state index in [4.69, 9.17) is 0 Å². The molecule has 2 bridgehead atoms. The smallest absolute Gasteiger partial charge is 0.104 e. The summed E-state index contributed by atoms with van der Waals surface area (Å²) in [4.78, 5) is 0. The van der Waals surface area contributed by atoms with Crippen LogP contribution in [0.5, 0.6) is 0 Å².